The van der Waals surface area contributed by atoms with Gasteiger partial charge in [-0.1, -0.05) is 0 Å². The number of nitro benzene ring substituents is 1. The number of halogens is 1. The zero-order valence-corrected chi connectivity index (χ0v) is 7.80. The Hall–Kier alpha value is -0.550. The van der Waals surface area contributed by atoms with Crippen molar-refractivity contribution < 1.29 is 4.92 Å². The van der Waals surface area contributed by atoms with Gasteiger partial charge < -0.3 is 0 Å². The molecule has 0 fully saturated rings. The number of hydrogen-bond donors (Lipinski definition) is 1. The maximum Gasteiger partial charge on any atom is 0.283 e. The minimum Gasteiger partial charge on any atom is -0.258 e. The van der Waals surface area contributed by atoms with E-state index in [0.717, 1.165) is 0 Å². The third-order valence-electron chi connectivity index (χ3n) is 1.13. The number of hydrogen-bond acceptors (Lipinski definition) is 3. The summed E-state index contributed by atoms with van der Waals surface area (Å²) in [5, 5.41) is 10.3. The van der Waals surface area contributed by atoms with Crippen LogP contribution in [0.4, 0.5) is 5.69 Å². The van der Waals surface area contributed by atoms with Crippen molar-refractivity contribution in [2.24, 2.45) is 0 Å². The van der Waals surface area contributed by atoms with Gasteiger partial charge in [-0.15, -0.1) is 12.6 Å². The SMILES string of the molecule is O=[N+]([O-])c1ccc(S)cc1Br. The summed E-state index contributed by atoms with van der Waals surface area (Å²) in [6.45, 7) is 0. The topological polar surface area (TPSA) is 43.1 Å². The summed E-state index contributed by atoms with van der Waals surface area (Å²) in [7, 11) is 0. The number of rotatable bonds is 1. The standard InChI is InChI=1S/C6H4BrNO2S/c7-5-3-4(11)1-2-6(5)8(9)10/h1-3,11H. The largest absolute Gasteiger partial charge is 0.283 e. The molecule has 0 spiro atoms. The molecule has 0 aromatic heterocycles. The molecule has 0 aliphatic carbocycles. The number of thiol groups is 1. The van der Waals surface area contributed by atoms with E-state index in [-0.39, 0.29) is 5.69 Å². The fraction of sp³-hybridized carbons (Fsp3) is 0. The van der Waals surface area contributed by atoms with E-state index < -0.39 is 4.92 Å². The van der Waals surface area contributed by atoms with Gasteiger partial charge in [-0.05, 0) is 28.1 Å². The van der Waals surface area contributed by atoms with E-state index in [1.54, 1.807) is 12.1 Å². The molecule has 58 valence electrons. The second-order valence-corrected chi connectivity index (χ2v) is 3.26. The maximum absolute atomic E-state index is 10.3. The summed E-state index contributed by atoms with van der Waals surface area (Å²) >= 11 is 7.07. The quantitative estimate of drug-likeness (QED) is 0.461. The second kappa shape index (κ2) is 3.23. The van der Waals surface area contributed by atoms with Gasteiger partial charge >= 0.3 is 0 Å². The molecule has 1 rings (SSSR count). The van der Waals surface area contributed by atoms with E-state index in [2.05, 4.69) is 28.6 Å². The Kier molecular flexibility index (Phi) is 2.51. The highest BCUT2D eigenvalue weighted by Crippen LogP contribution is 2.26. The molecule has 0 aliphatic heterocycles. The molecular weight excluding hydrogens is 230 g/mol. The third-order valence-corrected chi connectivity index (χ3v) is 2.04. The number of nitrogens with zero attached hydrogens (tertiary/aromatic N) is 1. The molecule has 0 saturated carbocycles. The van der Waals surface area contributed by atoms with Gasteiger partial charge in [0.2, 0.25) is 0 Å². The molecule has 0 amide bonds. The van der Waals surface area contributed by atoms with Crippen LogP contribution in [0, 0.1) is 10.1 Å². The van der Waals surface area contributed by atoms with Gasteiger partial charge in [-0.3, -0.25) is 10.1 Å². The Morgan fingerprint density at radius 1 is 1.55 bits per heavy atom. The van der Waals surface area contributed by atoms with Crippen LogP contribution in [0.3, 0.4) is 0 Å². The lowest BCUT2D eigenvalue weighted by Gasteiger charge is -1.94. The van der Waals surface area contributed by atoms with E-state index in [4.69, 9.17) is 0 Å². The maximum atomic E-state index is 10.3. The summed E-state index contributed by atoms with van der Waals surface area (Å²) in [5.74, 6) is 0. The summed E-state index contributed by atoms with van der Waals surface area (Å²) in [4.78, 5) is 10.5. The summed E-state index contributed by atoms with van der Waals surface area (Å²) in [6.07, 6.45) is 0. The van der Waals surface area contributed by atoms with Crippen LogP contribution >= 0.6 is 28.6 Å². The molecule has 0 N–H and O–H groups in total. The van der Waals surface area contributed by atoms with Gasteiger partial charge in [-0.25, -0.2) is 0 Å². The number of benzene rings is 1. The Balaban J connectivity index is 3.20. The van der Waals surface area contributed by atoms with E-state index in [0.29, 0.717) is 9.37 Å². The predicted octanol–water partition coefficient (Wildman–Crippen LogP) is 2.65. The van der Waals surface area contributed by atoms with Crippen molar-refractivity contribution in [1.29, 1.82) is 0 Å². The normalized spacial score (nSPS) is 9.64. The highest BCUT2D eigenvalue weighted by molar-refractivity contribution is 9.10. The second-order valence-electron chi connectivity index (χ2n) is 1.89. The van der Waals surface area contributed by atoms with E-state index in [1.165, 1.54) is 6.07 Å². The van der Waals surface area contributed by atoms with Crippen molar-refractivity contribution in [3.05, 3.63) is 32.8 Å². The first-order valence-electron chi connectivity index (χ1n) is 2.74. The van der Waals surface area contributed by atoms with Gasteiger partial charge in [0.25, 0.3) is 5.69 Å². The van der Waals surface area contributed by atoms with Gasteiger partial charge in [0.1, 0.15) is 0 Å². The summed E-state index contributed by atoms with van der Waals surface area (Å²) < 4.78 is 0.454. The highest BCUT2D eigenvalue weighted by atomic mass is 79.9. The van der Waals surface area contributed by atoms with Crippen LogP contribution in [0.1, 0.15) is 0 Å². The fourth-order valence-corrected chi connectivity index (χ4v) is 1.55. The average molecular weight is 234 g/mol. The van der Waals surface area contributed by atoms with Crippen LogP contribution in [0.15, 0.2) is 27.6 Å². The molecule has 0 bridgehead atoms. The third kappa shape index (κ3) is 1.94. The highest BCUT2D eigenvalue weighted by Gasteiger charge is 2.09. The number of nitro groups is 1. The summed E-state index contributed by atoms with van der Waals surface area (Å²) in [6, 6.07) is 4.57. The van der Waals surface area contributed by atoms with Crippen LogP contribution in [0.5, 0.6) is 0 Å². The molecule has 5 heteroatoms. The molecule has 1 aromatic carbocycles. The van der Waals surface area contributed by atoms with Crippen molar-refractivity contribution in [3.63, 3.8) is 0 Å². The van der Waals surface area contributed by atoms with Gasteiger partial charge in [-0.2, -0.15) is 0 Å². The first-order chi connectivity index (χ1) is 5.11. The van der Waals surface area contributed by atoms with Crippen LogP contribution < -0.4 is 0 Å². The minimum atomic E-state index is -0.447. The van der Waals surface area contributed by atoms with Crippen LogP contribution in [0.2, 0.25) is 0 Å². The molecule has 0 radical (unpaired) electrons. The van der Waals surface area contributed by atoms with Gasteiger partial charge in [0, 0.05) is 11.0 Å². The molecule has 0 heterocycles. The minimum absolute atomic E-state index is 0.0581. The lowest BCUT2D eigenvalue weighted by molar-refractivity contribution is -0.385. The smallest absolute Gasteiger partial charge is 0.258 e. The lowest BCUT2D eigenvalue weighted by atomic mass is 10.3. The van der Waals surface area contributed by atoms with Crippen LogP contribution in [-0.2, 0) is 0 Å². The molecule has 0 unspecified atom stereocenters. The molecule has 1 aromatic rings. The van der Waals surface area contributed by atoms with Crippen molar-refractivity contribution >= 4 is 34.2 Å². The van der Waals surface area contributed by atoms with Crippen molar-refractivity contribution in [3.8, 4) is 0 Å². The zero-order chi connectivity index (χ0) is 8.43. The first-order valence-corrected chi connectivity index (χ1v) is 3.98. The molecular formula is C6H4BrNO2S. The van der Waals surface area contributed by atoms with E-state index >= 15 is 0 Å². The molecule has 0 aliphatic rings. The Labute approximate surface area is 77.1 Å². The Morgan fingerprint density at radius 3 is 2.64 bits per heavy atom. The van der Waals surface area contributed by atoms with Crippen molar-refractivity contribution in [1.82, 2.24) is 0 Å². The first kappa shape index (κ1) is 8.55. The monoisotopic (exact) mass is 233 g/mol. The Bertz CT molecular complexity index is 303. The van der Waals surface area contributed by atoms with Crippen LogP contribution in [0.25, 0.3) is 0 Å². The van der Waals surface area contributed by atoms with Gasteiger partial charge in [0.05, 0.1) is 9.40 Å². The molecule has 3 nitrogen and oxygen atoms in total. The fourth-order valence-electron chi connectivity index (χ4n) is 0.644. The van der Waals surface area contributed by atoms with E-state index in [9.17, 15) is 10.1 Å². The van der Waals surface area contributed by atoms with Crippen LogP contribution in [-0.4, -0.2) is 4.92 Å². The van der Waals surface area contributed by atoms with Gasteiger partial charge in [0.15, 0.2) is 0 Å². The molecule has 11 heavy (non-hydrogen) atoms. The predicted molar refractivity (Wildman–Crippen MR) is 48.0 cm³/mol. The average Bonchev–Trinajstić information content (AvgIpc) is 1.85. The van der Waals surface area contributed by atoms with Crippen molar-refractivity contribution in [2.45, 2.75) is 4.90 Å². The zero-order valence-electron chi connectivity index (χ0n) is 5.32. The Morgan fingerprint density at radius 2 is 2.18 bits per heavy atom. The summed E-state index contributed by atoms with van der Waals surface area (Å²) in [5.41, 5.74) is 0.0581. The molecule has 0 atom stereocenters. The van der Waals surface area contributed by atoms with Crippen molar-refractivity contribution in [2.75, 3.05) is 0 Å². The lowest BCUT2D eigenvalue weighted by Crippen LogP contribution is -1.88. The van der Waals surface area contributed by atoms with E-state index in [1.807, 2.05) is 0 Å². The molecule has 0 saturated heterocycles.